The van der Waals surface area contributed by atoms with Crippen LogP contribution in [0.5, 0.6) is 0 Å². The maximum absolute atomic E-state index is 11.1. The monoisotopic (exact) mass is 158 g/mol. The Bertz CT molecular complexity index is 166. The molecule has 11 heavy (non-hydrogen) atoms. The lowest BCUT2D eigenvalue weighted by Gasteiger charge is -2.14. The summed E-state index contributed by atoms with van der Waals surface area (Å²) < 4.78 is 0. The van der Waals surface area contributed by atoms with Crippen molar-refractivity contribution in [3.05, 3.63) is 0 Å². The molecule has 1 aliphatic rings. The van der Waals surface area contributed by atoms with Gasteiger partial charge in [-0.1, -0.05) is 0 Å². The lowest BCUT2D eigenvalue weighted by Crippen LogP contribution is -2.47. The van der Waals surface area contributed by atoms with Gasteiger partial charge in [0.15, 0.2) is 0 Å². The van der Waals surface area contributed by atoms with Gasteiger partial charge < -0.3 is 16.2 Å². The number of carbonyl (C=O) groups excluding carboxylic acids is 1. The summed E-state index contributed by atoms with van der Waals surface area (Å²) in [5, 5.41) is 11.2. The van der Waals surface area contributed by atoms with Gasteiger partial charge in [0.2, 0.25) is 5.91 Å². The Labute approximate surface area is 65.8 Å². The van der Waals surface area contributed by atoms with Crippen molar-refractivity contribution in [1.82, 2.24) is 5.32 Å². The average Bonchev–Trinajstić information content (AvgIpc) is 2.69. The molecular formula is C7H14N2O2. The Balaban J connectivity index is 2.32. The molecule has 4 N–H and O–H groups in total. The third-order valence-electron chi connectivity index (χ3n) is 1.89. The van der Waals surface area contributed by atoms with Crippen molar-refractivity contribution in [3.63, 3.8) is 0 Å². The maximum atomic E-state index is 11.1. The number of hydrogen-bond acceptors (Lipinski definition) is 3. The predicted molar refractivity (Wildman–Crippen MR) is 40.8 cm³/mol. The maximum Gasteiger partial charge on any atom is 0.240 e. The lowest BCUT2D eigenvalue weighted by atomic mass is 10.2. The number of nitrogens with one attached hydrogen (secondary N) is 1. The minimum Gasteiger partial charge on any atom is -0.394 e. The van der Waals surface area contributed by atoms with Gasteiger partial charge in [0.1, 0.15) is 0 Å². The van der Waals surface area contributed by atoms with Gasteiger partial charge in [0, 0.05) is 6.04 Å². The molecule has 1 saturated carbocycles. The van der Waals surface area contributed by atoms with E-state index < -0.39 is 5.54 Å². The van der Waals surface area contributed by atoms with Crippen LogP contribution in [-0.4, -0.2) is 29.2 Å². The van der Waals surface area contributed by atoms with E-state index in [1.807, 2.05) is 0 Å². The van der Waals surface area contributed by atoms with Crippen LogP contribution in [0.1, 0.15) is 19.8 Å². The molecule has 4 heteroatoms. The SMILES string of the molecule is C[C@@H](CO)NC(=O)C1(N)CC1. The van der Waals surface area contributed by atoms with Crippen LogP contribution in [0.3, 0.4) is 0 Å². The highest BCUT2D eigenvalue weighted by atomic mass is 16.3. The van der Waals surface area contributed by atoms with E-state index in [4.69, 9.17) is 10.8 Å². The normalized spacial score (nSPS) is 22.5. The molecule has 64 valence electrons. The van der Waals surface area contributed by atoms with Crippen LogP contribution >= 0.6 is 0 Å². The van der Waals surface area contributed by atoms with Crippen LogP contribution in [0.25, 0.3) is 0 Å². The zero-order valence-electron chi connectivity index (χ0n) is 6.63. The molecule has 4 nitrogen and oxygen atoms in total. The fraction of sp³-hybridized carbons (Fsp3) is 0.857. The van der Waals surface area contributed by atoms with E-state index in [1.54, 1.807) is 6.92 Å². The first-order valence-electron chi connectivity index (χ1n) is 3.79. The first-order chi connectivity index (χ1) is 5.08. The first kappa shape index (κ1) is 8.49. The summed E-state index contributed by atoms with van der Waals surface area (Å²) in [4.78, 5) is 11.1. The number of amides is 1. The second-order valence-electron chi connectivity index (χ2n) is 3.21. The quantitative estimate of drug-likeness (QED) is 0.492. The van der Waals surface area contributed by atoms with Crippen LogP contribution in [0.2, 0.25) is 0 Å². The summed E-state index contributed by atoms with van der Waals surface area (Å²) in [5.41, 5.74) is 4.98. The third kappa shape index (κ3) is 1.91. The Morgan fingerprint density at radius 3 is 2.73 bits per heavy atom. The smallest absolute Gasteiger partial charge is 0.240 e. The first-order valence-corrected chi connectivity index (χ1v) is 3.79. The number of hydrogen-bond donors (Lipinski definition) is 3. The highest BCUT2D eigenvalue weighted by molar-refractivity contribution is 5.89. The fourth-order valence-electron chi connectivity index (χ4n) is 0.775. The van der Waals surface area contributed by atoms with Crippen molar-refractivity contribution >= 4 is 5.91 Å². The third-order valence-corrected chi connectivity index (χ3v) is 1.89. The number of carbonyl (C=O) groups is 1. The van der Waals surface area contributed by atoms with E-state index in [9.17, 15) is 4.79 Å². The molecular weight excluding hydrogens is 144 g/mol. The summed E-state index contributed by atoms with van der Waals surface area (Å²) >= 11 is 0. The van der Waals surface area contributed by atoms with Gasteiger partial charge >= 0.3 is 0 Å². The molecule has 0 aromatic carbocycles. The molecule has 0 aromatic rings. The van der Waals surface area contributed by atoms with Crippen LogP contribution in [0, 0.1) is 0 Å². The summed E-state index contributed by atoms with van der Waals surface area (Å²) in [5.74, 6) is -0.140. The van der Waals surface area contributed by atoms with Gasteiger partial charge in [-0.2, -0.15) is 0 Å². The number of aliphatic hydroxyl groups is 1. The minimum atomic E-state index is -0.622. The fourth-order valence-corrected chi connectivity index (χ4v) is 0.775. The van der Waals surface area contributed by atoms with E-state index in [2.05, 4.69) is 5.32 Å². The molecule has 0 heterocycles. The van der Waals surface area contributed by atoms with Crippen LogP contribution in [-0.2, 0) is 4.79 Å². The Morgan fingerprint density at radius 2 is 2.36 bits per heavy atom. The van der Waals surface area contributed by atoms with E-state index in [-0.39, 0.29) is 18.6 Å². The molecule has 0 saturated heterocycles. The standard InChI is InChI=1S/C7H14N2O2/c1-5(4-10)9-6(11)7(8)2-3-7/h5,10H,2-4,8H2,1H3,(H,9,11)/t5-/m0/s1. The average molecular weight is 158 g/mol. The van der Waals surface area contributed by atoms with Crippen LogP contribution in [0.15, 0.2) is 0 Å². The van der Waals surface area contributed by atoms with E-state index in [1.165, 1.54) is 0 Å². The molecule has 0 radical (unpaired) electrons. The van der Waals surface area contributed by atoms with Crippen molar-refractivity contribution in [2.24, 2.45) is 5.73 Å². The van der Waals surface area contributed by atoms with E-state index in [0.717, 1.165) is 12.8 Å². The van der Waals surface area contributed by atoms with Gasteiger partial charge in [-0.05, 0) is 19.8 Å². The van der Waals surface area contributed by atoms with Crippen LogP contribution < -0.4 is 11.1 Å². The topological polar surface area (TPSA) is 75.3 Å². The molecule has 1 atom stereocenters. The molecule has 0 aliphatic heterocycles. The van der Waals surface area contributed by atoms with Crippen molar-refractivity contribution in [1.29, 1.82) is 0 Å². The summed E-state index contributed by atoms with van der Waals surface area (Å²) in [6, 6.07) is -0.191. The molecule has 0 aromatic heterocycles. The van der Waals surface area contributed by atoms with Gasteiger partial charge in [0.05, 0.1) is 12.1 Å². The predicted octanol–water partition coefficient (Wildman–Crippen LogP) is -1.03. The van der Waals surface area contributed by atoms with Gasteiger partial charge in [-0.3, -0.25) is 4.79 Å². The van der Waals surface area contributed by atoms with Crippen molar-refractivity contribution in [2.75, 3.05) is 6.61 Å². The van der Waals surface area contributed by atoms with E-state index >= 15 is 0 Å². The summed E-state index contributed by atoms with van der Waals surface area (Å²) in [6.45, 7) is 1.70. The Morgan fingerprint density at radius 1 is 1.82 bits per heavy atom. The van der Waals surface area contributed by atoms with Crippen molar-refractivity contribution in [3.8, 4) is 0 Å². The van der Waals surface area contributed by atoms with Crippen molar-refractivity contribution < 1.29 is 9.90 Å². The molecule has 1 aliphatic carbocycles. The van der Waals surface area contributed by atoms with Crippen LogP contribution in [0.4, 0.5) is 0 Å². The largest absolute Gasteiger partial charge is 0.394 e. The zero-order valence-corrected chi connectivity index (χ0v) is 6.63. The Kier molecular flexibility index (Phi) is 2.15. The molecule has 0 unspecified atom stereocenters. The van der Waals surface area contributed by atoms with E-state index in [0.29, 0.717) is 0 Å². The summed E-state index contributed by atoms with van der Waals surface area (Å²) in [7, 11) is 0. The highest BCUT2D eigenvalue weighted by Crippen LogP contribution is 2.32. The number of aliphatic hydroxyl groups excluding tert-OH is 1. The molecule has 0 bridgehead atoms. The second-order valence-corrected chi connectivity index (χ2v) is 3.21. The molecule has 1 amide bonds. The molecule has 1 fully saturated rings. The van der Waals surface area contributed by atoms with Gasteiger partial charge in [0.25, 0.3) is 0 Å². The molecule has 1 rings (SSSR count). The molecule has 0 spiro atoms. The zero-order chi connectivity index (χ0) is 8.48. The van der Waals surface area contributed by atoms with Gasteiger partial charge in [-0.15, -0.1) is 0 Å². The summed E-state index contributed by atoms with van der Waals surface area (Å²) in [6.07, 6.45) is 1.52. The number of rotatable bonds is 3. The Hall–Kier alpha value is -0.610. The van der Waals surface area contributed by atoms with Gasteiger partial charge in [-0.25, -0.2) is 0 Å². The second kappa shape index (κ2) is 2.79. The minimum absolute atomic E-state index is 0.0399. The lowest BCUT2D eigenvalue weighted by molar-refractivity contribution is -0.124. The number of nitrogens with two attached hydrogens (primary N) is 1. The van der Waals surface area contributed by atoms with Crippen molar-refractivity contribution in [2.45, 2.75) is 31.3 Å². The highest BCUT2D eigenvalue weighted by Gasteiger charge is 2.46.